The zero-order valence-corrected chi connectivity index (χ0v) is 28.3. The maximum absolute atomic E-state index is 13.8. The van der Waals surface area contributed by atoms with E-state index < -0.39 is 29.9 Å². The van der Waals surface area contributed by atoms with Gasteiger partial charge in [-0.3, -0.25) is 29.1 Å². The van der Waals surface area contributed by atoms with Gasteiger partial charge >= 0.3 is 0 Å². The molecule has 2 aromatic carbocycles. The Morgan fingerprint density at radius 1 is 0.896 bits per heavy atom. The standard InChI is InChI=1S/C37H48N6O5/c1-5-25(2)33-37(47)41-32(22-27-13-17-31(48-4)18-14-27)36(46)40-26(3)34(44)39-20-8-9-21-43(24-30-10-6-7-19-38-30)23-28-11-15-29(16-12-28)35(45)42-33/h6-7,10-19,25-26,32-33H,5,8-9,20-24H2,1-4H3,(H,39,44)(H,40,46)(H,41,47)(H,42,45)/t25-,26+,32-,33?/m0/s1. The summed E-state index contributed by atoms with van der Waals surface area (Å²) in [7, 11) is 1.57. The molecule has 1 unspecified atom stereocenters. The van der Waals surface area contributed by atoms with Crippen LogP contribution in [0.25, 0.3) is 0 Å². The van der Waals surface area contributed by atoms with Gasteiger partial charge in [0.05, 0.1) is 12.8 Å². The number of benzene rings is 2. The van der Waals surface area contributed by atoms with E-state index in [4.69, 9.17) is 4.74 Å². The molecule has 48 heavy (non-hydrogen) atoms. The van der Waals surface area contributed by atoms with Crippen LogP contribution in [0.1, 0.15) is 67.2 Å². The second kappa shape index (κ2) is 18.0. The number of ether oxygens (including phenoxy) is 1. The third kappa shape index (κ3) is 10.6. The fourth-order valence-corrected chi connectivity index (χ4v) is 5.55. The number of rotatable bonds is 7. The molecular weight excluding hydrogens is 608 g/mol. The van der Waals surface area contributed by atoms with Gasteiger partial charge < -0.3 is 26.0 Å². The number of methoxy groups -OCH3 is 1. The quantitative estimate of drug-likeness (QED) is 0.286. The molecule has 0 fully saturated rings. The number of carbonyl (C=O) groups excluding carboxylic acids is 4. The third-order valence-electron chi connectivity index (χ3n) is 8.70. The number of fused-ring (bicyclic) bond motifs is 18. The third-order valence-corrected chi connectivity index (χ3v) is 8.70. The SMILES string of the molecule is CC[C@H](C)C1NC(=O)c2ccc(cc2)CN(Cc2ccccn2)CCCCNC(=O)[C@@H](C)NC(=O)[C@H](Cc2ccc(OC)cc2)NC1=O. The molecule has 2 bridgehead atoms. The Morgan fingerprint density at radius 2 is 1.65 bits per heavy atom. The molecule has 4 amide bonds. The van der Waals surface area contributed by atoms with Crippen LogP contribution in [0.5, 0.6) is 5.75 Å². The van der Waals surface area contributed by atoms with Gasteiger partial charge in [-0.05, 0) is 79.8 Å². The lowest BCUT2D eigenvalue weighted by Crippen LogP contribution is -2.58. The second-order valence-corrected chi connectivity index (χ2v) is 12.4. The van der Waals surface area contributed by atoms with Gasteiger partial charge in [-0.2, -0.15) is 0 Å². The van der Waals surface area contributed by atoms with Crippen molar-refractivity contribution in [3.05, 3.63) is 95.3 Å². The van der Waals surface area contributed by atoms with Crippen LogP contribution in [0.2, 0.25) is 0 Å². The number of hydrogen-bond acceptors (Lipinski definition) is 7. The summed E-state index contributed by atoms with van der Waals surface area (Å²) in [4.78, 5) is 60.6. The van der Waals surface area contributed by atoms with Crippen molar-refractivity contribution in [1.29, 1.82) is 0 Å². The van der Waals surface area contributed by atoms with Crippen molar-refractivity contribution < 1.29 is 23.9 Å². The molecule has 0 saturated heterocycles. The highest BCUT2D eigenvalue weighted by Crippen LogP contribution is 2.16. The van der Waals surface area contributed by atoms with Crippen molar-refractivity contribution in [2.24, 2.45) is 5.92 Å². The summed E-state index contributed by atoms with van der Waals surface area (Å²) in [6.07, 6.45) is 4.16. The molecule has 2 aliphatic rings. The lowest BCUT2D eigenvalue weighted by Gasteiger charge is -2.27. The van der Waals surface area contributed by atoms with Crippen LogP contribution in [0, 0.1) is 5.92 Å². The summed E-state index contributed by atoms with van der Waals surface area (Å²) in [6.45, 7) is 7.99. The van der Waals surface area contributed by atoms with E-state index in [0.29, 0.717) is 37.4 Å². The highest BCUT2D eigenvalue weighted by molar-refractivity contribution is 5.99. The first kappa shape index (κ1) is 36.1. The van der Waals surface area contributed by atoms with E-state index in [0.717, 1.165) is 36.2 Å². The Labute approximate surface area is 283 Å². The highest BCUT2D eigenvalue weighted by Gasteiger charge is 2.31. The van der Waals surface area contributed by atoms with E-state index in [1.165, 1.54) is 0 Å². The number of nitrogens with one attached hydrogen (secondary N) is 4. The van der Waals surface area contributed by atoms with Crippen molar-refractivity contribution in [2.75, 3.05) is 20.2 Å². The Balaban J connectivity index is 1.59. The Morgan fingerprint density at radius 3 is 2.31 bits per heavy atom. The maximum Gasteiger partial charge on any atom is 0.251 e. The van der Waals surface area contributed by atoms with E-state index in [2.05, 4.69) is 31.2 Å². The highest BCUT2D eigenvalue weighted by atomic mass is 16.5. The van der Waals surface area contributed by atoms with Gasteiger partial charge in [0.15, 0.2) is 0 Å². The van der Waals surface area contributed by atoms with E-state index in [1.807, 2.05) is 56.3 Å². The van der Waals surface area contributed by atoms with Crippen molar-refractivity contribution in [3.8, 4) is 5.75 Å². The molecule has 3 heterocycles. The van der Waals surface area contributed by atoms with Gasteiger partial charge in [0.1, 0.15) is 23.9 Å². The van der Waals surface area contributed by atoms with Crippen LogP contribution in [0.3, 0.4) is 0 Å². The largest absolute Gasteiger partial charge is 0.497 e. The molecule has 0 radical (unpaired) electrons. The number of hydrogen-bond donors (Lipinski definition) is 4. The number of amides is 4. The Bertz CT molecular complexity index is 1500. The smallest absolute Gasteiger partial charge is 0.251 e. The number of nitrogens with zero attached hydrogens (tertiary/aromatic N) is 2. The van der Waals surface area contributed by atoms with Crippen molar-refractivity contribution in [3.63, 3.8) is 0 Å². The topological polar surface area (TPSA) is 142 Å². The van der Waals surface area contributed by atoms with E-state index in [-0.39, 0.29) is 24.2 Å². The van der Waals surface area contributed by atoms with Gasteiger partial charge in [-0.25, -0.2) is 0 Å². The lowest BCUT2D eigenvalue weighted by atomic mass is 9.96. The average Bonchev–Trinajstić information content (AvgIpc) is 3.10. The molecular formula is C37H48N6O5. The molecule has 0 aliphatic carbocycles. The molecule has 5 rings (SSSR count). The molecule has 11 nitrogen and oxygen atoms in total. The van der Waals surface area contributed by atoms with Crippen molar-refractivity contribution in [2.45, 2.75) is 77.7 Å². The van der Waals surface area contributed by atoms with E-state index in [1.54, 1.807) is 44.5 Å². The fourth-order valence-electron chi connectivity index (χ4n) is 5.55. The first-order chi connectivity index (χ1) is 23.2. The molecule has 0 saturated carbocycles. The maximum atomic E-state index is 13.8. The van der Waals surface area contributed by atoms with Gasteiger partial charge in [0, 0.05) is 37.8 Å². The average molecular weight is 657 g/mol. The van der Waals surface area contributed by atoms with Gasteiger partial charge in [0.2, 0.25) is 17.7 Å². The Hall–Kier alpha value is -4.77. The minimum atomic E-state index is -0.997. The minimum absolute atomic E-state index is 0.174. The van der Waals surface area contributed by atoms with Crippen molar-refractivity contribution in [1.82, 2.24) is 31.2 Å². The van der Waals surface area contributed by atoms with Crippen LogP contribution in [-0.2, 0) is 33.9 Å². The van der Waals surface area contributed by atoms with Crippen LogP contribution in [0.15, 0.2) is 72.9 Å². The Kier molecular flexibility index (Phi) is 13.5. The molecule has 0 spiro atoms. The molecule has 2 aliphatic heterocycles. The van der Waals surface area contributed by atoms with Gasteiger partial charge in [-0.15, -0.1) is 0 Å². The zero-order chi connectivity index (χ0) is 34.5. The lowest BCUT2D eigenvalue weighted by molar-refractivity contribution is -0.132. The molecule has 256 valence electrons. The summed E-state index contributed by atoms with van der Waals surface area (Å²) in [5, 5.41) is 11.5. The predicted molar refractivity (Wildman–Crippen MR) is 184 cm³/mol. The number of aromatic nitrogens is 1. The normalized spacial score (nSPS) is 21.2. The summed E-state index contributed by atoms with van der Waals surface area (Å²) in [6, 6.07) is 17.7. The molecule has 11 heteroatoms. The van der Waals surface area contributed by atoms with Gasteiger partial charge in [-0.1, -0.05) is 50.6 Å². The van der Waals surface area contributed by atoms with E-state index in [9.17, 15) is 19.2 Å². The second-order valence-electron chi connectivity index (χ2n) is 12.4. The van der Waals surface area contributed by atoms with E-state index >= 15 is 0 Å². The summed E-state index contributed by atoms with van der Waals surface area (Å²) in [5.41, 5.74) is 3.22. The summed E-state index contributed by atoms with van der Waals surface area (Å²) < 4.78 is 5.26. The molecule has 4 atom stereocenters. The summed E-state index contributed by atoms with van der Waals surface area (Å²) >= 11 is 0. The van der Waals surface area contributed by atoms with Gasteiger partial charge in [0.25, 0.3) is 5.91 Å². The van der Waals surface area contributed by atoms with Crippen LogP contribution < -0.4 is 26.0 Å². The molecule has 3 aromatic rings. The predicted octanol–water partition coefficient (Wildman–Crippen LogP) is 3.38. The zero-order valence-electron chi connectivity index (χ0n) is 28.3. The van der Waals surface area contributed by atoms with Crippen LogP contribution >= 0.6 is 0 Å². The fraction of sp³-hybridized carbons (Fsp3) is 0.432. The van der Waals surface area contributed by atoms with Crippen LogP contribution in [0.4, 0.5) is 0 Å². The van der Waals surface area contributed by atoms with Crippen LogP contribution in [-0.4, -0.2) is 71.8 Å². The monoisotopic (exact) mass is 656 g/mol. The molecule has 4 N–H and O–H groups in total. The molecule has 1 aromatic heterocycles. The minimum Gasteiger partial charge on any atom is -0.497 e. The first-order valence-corrected chi connectivity index (χ1v) is 16.7. The summed E-state index contributed by atoms with van der Waals surface area (Å²) in [5.74, 6) is -1.21. The number of pyridine rings is 1. The first-order valence-electron chi connectivity index (χ1n) is 16.7. The number of carbonyl (C=O) groups is 4. The van der Waals surface area contributed by atoms with Crippen molar-refractivity contribution >= 4 is 23.6 Å².